The predicted octanol–water partition coefficient (Wildman–Crippen LogP) is 1.77. The van der Waals surface area contributed by atoms with E-state index in [-0.39, 0.29) is 5.41 Å². The Hall–Kier alpha value is -1.75. The molecule has 3 rings (SSSR count). The Morgan fingerprint density at radius 3 is 2.67 bits per heavy atom. The lowest BCUT2D eigenvalue weighted by atomic mass is 9.81. The van der Waals surface area contributed by atoms with Gasteiger partial charge < -0.3 is 9.84 Å². The first-order valence-electron chi connectivity index (χ1n) is 6.23. The van der Waals surface area contributed by atoms with Gasteiger partial charge in [-0.3, -0.25) is 4.98 Å². The highest BCUT2D eigenvalue weighted by atomic mass is 16.5. The Balaban J connectivity index is 1.89. The van der Waals surface area contributed by atoms with Crippen LogP contribution in [0.4, 0.5) is 0 Å². The summed E-state index contributed by atoms with van der Waals surface area (Å²) < 4.78 is 5.45. The molecular weight excluding hydrogens is 228 g/mol. The molecule has 0 aromatic carbocycles. The summed E-state index contributed by atoms with van der Waals surface area (Å²) in [4.78, 5) is 8.53. The van der Waals surface area contributed by atoms with Crippen LogP contribution >= 0.6 is 0 Å². The van der Waals surface area contributed by atoms with Gasteiger partial charge in [-0.1, -0.05) is 12.1 Å². The van der Waals surface area contributed by atoms with E-state index < -0.39 is 0 Å². The third-order valence-corrected chi connectivity index (χ3v) is 3.59. The Morgan fingerprint density at radius 1 is 1.22 bits per heavy atom. The molecule has 0 spiro atoms. The second kappa shape index (κ2) is 4.49. The molecule has 5 heteroatoms. The van der Waals surface area contributed by atoms with E-state index in [2.05, 4.69) is 27.4 Å². The number of nitrogens with zero attached hydrogens (tertiary/aromatic N) is 3. The Kier molecular flexibility index (Phi) is 2.83. The van der Waals surface area contributed by atoms with E-state index in [0.717, 1.165) is 37.4 Å². The summed E-state index contributed by atoms with van der Waals surface area (Å²) in [5.74, 6) is 1.39. The first kappa shape index (κ1) is 11.3. The van der Waals surface area contributed by atoms with Gasteiger partial charge in [0.05, 0.1) is 0 Å². The number of hydrogen-bond acceptors (Lipinski definition) is 5. The van der Waals surface area contributed by atoms with Gasteiger partial charge in [-0.05, 0) is 38.1 Å². The monoisotopic (exact) mass is 244 g/mol. The van der Waals surface area contributed by atoms with Crippen LogP contribution in [0.1, 0.15) is 25.7 Å². The number of nitrogens with one attached hydrogen (secondary N) is 1. The van der Waals surface area contributed by atoms with Gasteiger partial charge in [-0.15, -0.1) is 0 Å². The molecule has 0 unspecified atom stereocenters. The van der Waals surface area contributed by atoms with Crippen molar-refractivity contribution >= 4 is 0 Å². The van der Waals surface area contributed by atoms with Crippen LogP contribution in [0.25, 0.3) is 11.4 Å². The van der Waals surface area contributed by atoms with Crippen molar-refractivity contribution in [3.8, 4) is 11.4 Å². The standard InChI is InChI=1S/C13H16N4O/c1-13(4-8-15-9-5-13)12-16-11(17-18-12)10-2-6-14-7-3-10/h2-3,6-7,15H,4-5,8-9H2,1H3. The summed E-state index contributed by atoms with van der Waals surface area (Å²) in [6, 6.07) is 3.78. The Morgan fingerprint density at radius 2 is 1.94 bits per heavy atom. The molecule has 0 saturated carbocycles. The van der Waals surface area contributed by atoms with Gasteiger partial charge in [0.2, 0.25) is 11.7 Å². The van der Waals surface area contributed by atoms with Crippen molar-refractivity contribution < 1.29 is 4.52 Å². The van der Waals surface area contributed by atoms with Crippen molar-refractivity contribution in [2.45, 2.75) is 25.2 Å². The lowest BCUT2D eigenvalue weighted by molar-refractivity contribution is 0.241. The smallest absolute Gasteiger partial charge is 0.232 e. The maximum absolute atomic E-state index is 5.45. The molecule has 2 aromatic heterocycles. The molecule has 3 heterocycles. The van der Waals surface area contributed by atoms with Crippen LogP contribution in [-0.2, 0) is 5.41 Å². The zero-order valence-corrected chi connectivity index (χ0v) is 10.4. The molecule has 5 nitrogen and oxygen atoms in total. The van der Waals surface area contributed by atoms with E-state index in [4.69, 9.17) is 4.52 Å². The molecule has 0 atom stereocenters. The third kappa shape index (κ3) is 2.01. The highest BCUT2D eigenvalue weighted by Gasteiger charge is 2.34. The van der Waals surface area contributed by atoms with Gasteiger partial charge in [0.15, 0.2) is 0 Å². The summed E-state index contributed by atoms with van der Waals surface area (Å²) in [5.41, 5.74) is 0.946. The van der Waals surface area contributed by atoms with Gasteiger partial charge in [0.25, 0.3) is 0 Å². The summed E-state index contributed by atoms with van der Waals surface area (Å²) in [7, 11) is 0. The third-order valence-electron chi connectivity index (χ3n) is 3.59. The molecule has 1 aliphatic heterocycles. The number of rotatable bonds is 2. The van der Waals surface area contributed by atoms with Gasteiger partial charge in [0, 0.05) is 23.4 Å². The predicted molar refractivity (Wildman–Crippen MR) is 67.0 cm³/mol. The lowest BCUT2D eigenvalue weighted by Gasteiger charge is -2.30. The fourth-order valence-electron chi connectivity index (χ4n) is 2.28. The first-order chi connectivity index (χ1) is 8.78. The van der Waals surface area contributed by atoms with Crippen LogP contribution < -0.4 is 5.32 Å². The molecule has 94 valence electrons. The van der Waals surface area contributed by atoms with Crippen LogP contribution in [0.2, 0.25) is 0 Å². The average molecular weight is 244 g/mol. The van der Waals surface area contributed by atoms with Crippen LogP contribution in [0, 0.1) is 0 Å². The van der Waals surface area contributed by atoms with Gasteiger partial charge in [0.1, 0.15) is 0 Å². The molecule has 18 heavy (non-hydrogen) atoms. The fraction of sp³-hybridized carbons (Fsp3) is 0.462. The summed E-state index contributed by atoms with van der Waals surface area (Å²) in [5, 5.41) is 7.42. The minimum atomic E-state index is 0.00350. The largest absolute Gasteiger partial charge is 0.338 e. The van der Waals surface area contributed by atoms with E-state index in [9.17, 15) is 0 Å². The molecule has 2 aromatic rings. The zero-order chi connectivity index (χ0) is 12.4. The van der Waals surface area contributed by atoms with E-state index in [0.29, 0.717) is 5.82 Å². The highest BCUT2D eigenvalue weighted by Crippen LogP contribution is 2.32. The zero-order valence-electron chi connectivity index (χ0n) is 10.4. The summed E-state index contributed by atoms with van der Waals surface area (Å²) in [6.07, 6.45) is 5.53. The molecule has 1 saturated heterocycles. The Bertz CT molecular complexity index is 517. The second-order valence-corrected chi connectivity index (χ2v) is 4.97. The van der Waals surface area contributed by atoms with Crippen LogP contribution in [0.5, 0.6) is 0 Å². The SMILES string of the molecule is CC1(c2nc(-c3ccncc3)no2)CCNCC1. The van der Waals surface area contributed by atoms with E-state index in [1.807, 2.05) is 12.1 Å². The minimum absolute atomic E-state index is 0.00350. The maximum atomic E-state index is 5.45. The molecule has 0 aliphatic carbocycles. The number of aromatic nitrogens is 3. The molecule has 0 amide bonds. The average Bonchev–Trinajstić information content (AvgIpc) is 2.91. The second-order valence-electron chi connectivity index (χ2n) is 4.97. The molecular formula is C13H16N4O. The van der Waals surface area contributed by atoms with E-state index in [1.165, 1.54) is 0 Å². The van der Waals surface area contributed by atoms with Crippen LogP contribution in [0.3, 0.4) is 0 Å². The van der Waals surface area contributed by atoms with Crippen LogP contribution in [-0.4, -0.2) is 28.2 Å². The normalized spacial score (nSPS) is 18.7. The van der Waals surface area contributed by atoms with Crippen LogP contribution in [0.15, 0.2) is 29.0 Å². The van der Waals surface area contributed by atoms with Gasteiger partial charge in [-0.25, -0.2) is 0 Å². The van der Waals surface area contributed by atoms with Gasteiger partial charge in [-0.2, -0.15) is 4.98 Å². The first-order valence-corrected chi connectivity index (χ1v) is 6.23. The number of piperidine rings is 1. The maximum Gasteiger partial charge on any atom is 0.232 e. The van der Waals surface area contributed by atoms with Crippen molar-refractivity contribution in [2.75, 3.05) is 13.1 Å². The van der Waals surface area contributed by atoms with Crippen molar-refractivity contribution in [2.24, 2.45) is 0 Å². The van der Waals surface area contributed by atoms with Crippen molar-refractivity contribution in [1.29, 1.82) is 0 Å². The molecule has 1 aliphatic rings. The fourth-order valence-corrected chi connectivity index (χ4v) is 2.28. The topological polar surface area (TPSA) is 63.8 Å². The Labute approximate surface area is 106 Å². The summed E-state index contributed by atoms with van der Waals surface area (Å²) >= 11 is 0. The van der Waals surface area contributed by atoms with Gasteiger partial charge >= 0.3 is 0 Å². The highest BCUT2D eigenvalue weighted by molar-refractivity contribution is 5.52. The number of pyridine rings is 1. The quantitative estimate of drug-likeness (QED) is 0.872. The molecule has 1 N–H and O–H groups in total. The number of hydrogen-bond donors (Lipinski definition) is 1. The molecule has 0 radical (unpaired) electrons. The molecule has 0 bridgehead atoms. The molecule has 1 fully saturated rings. The van der Waals surface area contributed by atoms with Crippen molar-refractivity contribution in [3.05, 3.63) is 30.4 Å². The van der Waals surface area contributed by atoms with E-state index in [1.54, 1.807) is 12.4 Å². The summed E-state index contributed by atoms with van der Waals surface area (Å²) in [6.45, 7) is 4.20. The lowest BCUT2D eigenvalue weighted by Crippen LogP contribution is -2.37. The minimum Gasteiger partial charge on any atom is -0.338 e. The van der Waals surface area contributed by atoms with Crippen molar-refractivity contribution in [3.63, 3.8) is 0 Å². The van der Waals surface area contributed by atoms with E-state index >= 15 is 0 Å². The van der Waals surface area contributed by atoms with Crippen molar-refractivity contribution in [1.82, 2.24) is 20.4 Å².